The molecular formula is C11H14N4O. The molecule has 0 unspecified atom stereocenters. The molecule has 1 aromatic carbocycles. The Bertz CT molecular complexity index is 452. The number of benzene rings is 1. The van der Waals surface area contributed by atoms with Gasteiger partial charge in [-0.15, -0.1) is 0 Å². The Morgan fingerprint density at radius 1 is 1.31 bits per heavy atom. The molecule has 2 N–H and O–H groups in total. The van der Waals surface area contributed by atoms with E-state index < -0.39 is 0 Å². The Labute approximate surface area is 93.9 Å². The van der Waals surface area contributed by atoms with Crippen LogP contribution < -0.4 is 10.5 Å². The van der Waals surface area contributed by atoms with Gasteiger partial charge in [-0.05, 0) is 12.1 Å². The predicted molar refractivity (Wildman–Crippen MR) is 59.7 cm³/mol. The number of ether oxygens (including phenoxy) is 1. The number of aromatic nitrogens is 3. The number of nitrogens with zero attached hydrogens (tertiary/aromatic N) is 3. The van der Waals surface area contributed by atoms with Gasteiger partial charge in [-0.1, -0.05) is 18.2 Å². The summed E-state index contributed by atoms with van der Waals surface area (Å²) in [6, 6.07) is 9.58. The van der Waals surface area contributed by atoms with Gasteiger partial charge in [0.1, 0.15) is 18.2 Å². The van der Waals surface area contributed by atoms with E-state index in [0.29, 0.717) is 19.0 Å². The molecule has 5 heteroatoms. The van der Waals surface area contributed by atoms with Crippen LogP contribution in [-0.2, 0) is 20.2 Å². The highest BCUT2D eigenvalue weighted by Crippen LogP contribution is 2.10. The minimum absolute atomic E-state index is 0.359. The van der Waals surface area contributed by atoms with Gasteiger partial charge in [-0.25, -0.2) is 4.98 Å². The molecule has 2 aromatic rings. The number of hydrogen-bond acceptors (Lipinski definition) is 4. The molecule has 0 aliphatic carbocycles. The molecule has 0 saturated heterocycles. The summed E-state index contributed by atoms with van der Waals surface area (Å²) in [4.78, 5) is 4.25. The van der Waals surface area contributed by atoms with Crippen molar-refractivity contribution in [2.75, 3.05) is 0 Å². The van der Waals surface area contributed by atoms with Crippen LogP contribution in [0.2, 0.25) is 0 Å². The van der Waals surface area contributed by atoms with Crippen molar-refractivity contribution in [3.63, 3.8) is 0 Å². The minimum Gasteiger partial charge on any atom is -0.486 e. The van der Waals surface area contributed by atoms with Gasteiger partial charge in [0.2, 0.25) is 0 Å². The smallest absolute Gasteiger partial charge is 0.188 e. The van der Waals surface area contributed by atoms with Gasteiger partial charge in [-0.3, -0.25) is 4.68 Å². The normalized spacial score (nSPS) is 10.4. The molecule has 0 saturated carbocycles. The number of nitrogens with two attached hydrogens (primary N) is 1. The van der Waals surface area contributed by atoms with Gasteiger partial charge in [0, 0.05) is 7.05 Å². The van der Waals surface area contributed by atoms with Gasteiger partial charge < -0.3 is 10.5 Å². The van der Waals surface area contributed by atoms with Gasteiger partial charge in [-0.2, -0.15) is 5.10 Å². The molecule has 2 rings (SSSR count). The summed E-state index contributed by atoms with van der Waals surface area (Å²) in [5, 5.41) is 4.20. The maximum absolute atomic E-state index is 5.53. The highest BCUT2D eigenvalue weighted by atomic mass is 16.5. The van der Waals surface area contributed by atoms with E-state index in [1.54, 1.807) is 4.68 Å². The molecule has 0 radical (unpaired) electrons. The standard InChI is InChI=1S/C11H14N4O/c1-15-11(7-12)13-10(14-15)8-16-9-5-3-2-4-6-9/h2-6H,7-8,12H2,1H3. The second kappa shape index (κ2) is 4.76. The van der Waals surface area contributed by atoms with Crippen LogP contribution in [0.25, 0.3) is 0 Å². The first-order valence-corrected chi connectivity index (χ1v) is 5.06. The van der Waals surface area contributed by atoms with Crippen LogP contribution in [-0.4, -0.2) is 14.8 Å². The van der Waals surface area contributed by atoms with Crippen LogP contribution in [0, 0.1) is 0 Å². The first-order valence-electron chi connectivity index (χ1n) is 5.06. The van der Waals surface area contributed by atoms with E-state index in [1.165, 1.54) is 0 Å². The van der Waals surface area contributed by atoms with E-state index in [9.17, 15) is 0 Å². The summed E-state index contributed by atoms with van der Waals surface area (Å²) in [7, 11) is 1.82. The molecule has 0 spiro atoms. The van der Waals surface area contributed by atoms with Gasteiger partial charge in [0.15, 0.2) is 5.82 Å². The largest absolute Gasteiger partial charge is 0.486 e. The summed E-state index contributed by atoms with van der Waals surface area (Å²) >= 11 is 0. The molecule has 84 valence electrons. The number of para-hydroxylation sites is 1. The number of rotatable bonds is 4. The number of hydrogen-bond donors (Lipinski definition) is 1. The Kier molecular flexibility index (Phi) is 3.16. The van der Waals surface area contributed by atoms with Crippen molar-refractivity contribution in [1.29, 1.82) is 0 Å². The Balaban J connectivity index is 2.00. The van der Waals surface area contributed by atoms with Gasteiger partial charge in [0.05, 0.1) is 6.54 Å². The molecule has 0 atom stereocenters. The summed E-state index contributed by atoms with van der Waals surface area (Å²) in [5.74, 6) is 2.21. The minimum atomic E-state index is 0.359. The lowest BCUT2D eigenvalue weighted by Gasteiger charge is -2.01. The van der Waals surface area contributed by atoms with E-state index in [-0.39, 0.29) is 0 Å². The molecule has 0 bridgehead atoms. The lowest BCUT2D eigenvalue weighted by atomic mass is 10.3. The number of aryl methyl sites for hydroxylation is 1. The molecular weight excluding hydrogens is 204 g/mol. The molecule has 1 aromatic heterocycles. The van der Waals surface area contributed by atoms with E-state index in [1.807, 2.05) is 37.4 Å². The fourth-order valence-corrected chi connectivity index (χ4v) is 1.38. The Morgan fingerprint density at radius 2 is 2.06 bits per heavy atom. The van der Waals surface area contributed by atoms with Crippen LogP contribution in [0.1, 0.15) is 11.6 Å². The van der Waals surface area contributed by atoms with Crippen molar-refractivity contribution >= 4 is 0 Å². The molecule has 16 heavy (non-hydrogen) atoms. The summed E-state index contributed by atoms with van der Waals surface area (Å²) in [6.45, 7) is 0.743. The first kappa shape index (κ1) is 10.6. The summed E-state index contributed by atoms with van der Waals surface area (Å²) in [5.41, 5.74) is 5.51. The van der Waals surface area contributed by atoms with Crippen molar-refractivity contribution < 1.29 is 4.74 Å². The van der Waals surface area contributed by atoms with Gasteiger partial charge in [0.25, 0.3) is 0 Å². The van der Waals surface area contributed by atoms with Crippen molar-refractivity contribution in [3.8, 4) is 5.75 Å². The molecule has 0 amide bonds. The van der Waals surface area contributed by atoms with E-state index in [0.717, 1.165) is 11.6 Å². The highest BCUT2D eigenvalue weighted by Gasteiger charge is 2.05. The molecule has 1 heterocycles. The third-order valence-electron chi connectivity index (χ3n) is 2.19. The van der Waals surface area contributed by atoms with E-state index in [4.69, 9.17) is 10.5 Å². The lowest BCUT2D eigenvalue weighted by Crippen LogP contribution is -2.05. The van der Waals surface area contributed by atoms with Crippen molar-refractivity contribution in [1.82, 2.24) is 14.8 Å². The summed E-state index contributed by atoms with van der Waals surface area (Å²) < 4.78 is 7.20. The molecule has 0 aliphatic rings. The zero-order valence-electron chi connectivity index (χ0n) is 9.13. The quantitative estimate of drug-likeness (QED) is 0.826. The zero-order chi connectivity index (χ0) is 11.4. The van der Waals surface area contributed by atoms with Crippen LogP contribution >= 0.6 is 0 Å². The topological polar surface area (TPSA) is 66.0 Å². The average molecular weight is 218 g/mol. The maximum atomic E-state index is 5.53. The third kappa shape index (κ3) is 2.38. The van der Waals surface area contributed by atoms with E-state index in [2.05, 4.69) is 10.1 Å². The molecule has 0 aliphatic heterocycles. The van der Waals surface area contributed by atoms with Crippen LogP contribution in [0.4, 0.5) is 0 Å². The monoisotopic (exact) mass is 218 g/mol. The van der Waals surface area contributed by atoms with E-state index >= 15 is 0 Å². The third-order valence-corrected chi connectivity index (χ3v) is 2.19. The molecule has 5 nitrogen and oxygen atoms in total. The van der Waals surface area contributed by atoms with Crippen LogP contribution in [0.15, 0.2) is 30.3 Å². The van der Waals surface area contributed by atoms with Crippen molar-refractivity contribution in [2.24, 2.45) is 12.8 Å². The summed E-state index contributed by atoms with van der Waals surface area (Å²) in [6.07, 6.45) is 0. The second-order valence-electron chi connectivity index (χ2n) is 3.37. The Morgan fingerprint density at radius 3 is 2.69 bits per heavy atom. The second-order valence-corrected chi connectivity index (χ2v) is 3.37. The molecule has 0 fully saturated rings. The maximum Gasteiger partial charge on any atom is 0.188 e. The van der Waals surface area contributed by atoms with Crippen LogP contribution in [0.3, 0.4) is 0 Å². The van der Waals surface area contributed by atoms with Gasteiger partial charge >= 0.3 is 0 Å². The fourth-order valence-electron chi connectivity index (χ4n) is 1.38. The van der Waals surface area contributed by atoms with Crippen LogP contribution in [0.5, 0.6) is 5.75 Å². The van der Waals surface area contributed by atoms with Crippen molar-refractivity contribution in [3.05, 3.63) is 42.0 Å². The lowest BCUT2D eigenvalue weighted by molar-refractivity contribution is 0.295. The highest BCUT2D eigenvalue weighted by molar-refractivity contribution is 5.20. The fraction of sp³-hybridized carbons (Fsp3) is 0.273. The SMILES string of the molecule is Cn1nc(COc2ccccc2)nc1CN. The Hall–Kier alpha value is -1.88. The zero-order valence-corrected chi connectivity index (χ0v) is 9.13. The van der Waals surface area contributed by atoms with Crippen molar-refractivity contribution in [2.45, 2.75) is 13.2 Å². The first-order chi connectivity index (χ1) is 7.79. The predicted octanol–water partition coefficient (Wildman–Crippen LogP) is 0.853. The average Bonchev–Trinajstić information content (AvgIpc) is 2.69.